The summed E-state index contributed by atoms with van der Waals surface area (Å²) < 4.78 is 45.4. The molecule has 0 aromatic heterocycles. The fourth-order valence-electron chi connectivity index (χ4n) is 6.58. The van der Waals surface area contributed by atoms with Crippen LogP contribution in [0.4, 0.5) is 0 Å². The SMILES string of the molecule is CCCCCCCCCCCCCCCCCC(=O)OCC(COP(=O)(OCCN)OCCOC)OC(=O)CCCCCCCCCCCCCCCCC. The van der Waals surface area contributed by atoms with E-state index in [1.807, 2.05) is 0 Å². The van der Waals surface area contributed by atoms with Gasteiger partial charge >= 0.3 is 19.8 Å². The minimum Gasteiger partial charge on any atom is -0.462 e. The molecule has 0 heterocycles. The van der Waals surface area contributed by atoms with Crippen LogP contribution in [-0.4, -0.2) is 64.7 Å². The molecule has 0 saturated heterocycles. The minimum absolute atomic E-state index is 0.0176. The van der Waals surface area contributed by atoms with Gasteiger partial charge in [-0.15, -0.1) is 0 Å². The zero-order valence-corrected chi connectivity index (χ0v) is 37.0. The molecule has 0 aromatic rings. The van der Waals surface area contributed by atoms with Gasteiger partial charge in [0.2, 0.25) is 0 Å². The number of rotatable bonds is 45. The molecule has 11 heteroatoms. The monoisotopic (exact) mass is 806 g/mol. The van der Waals surface area contributed by atoms with Gasteiger partial charge in [0.05, 0.1) is 26.4 Å². The summed E-state index contributed by atoms with van der Waals surface area (Å²) in [6.45, 7) is 4.27. The second-order valence-corrected chi connectivity index (χ2v) is 17.1. The van der Waals surface area contributed by atoms with Gasteiger partial charge in [0.25, 0.3) is 0 Å². The van der Waals surface area contributed by atoms with Crippen LogP contribution in [-0.2, 0) is 41.9 Å². The zero-order chi connectivity index (χ0) is 40.3. The number of unbranched alkanes of at least 4 members (excludes halogenated alkanes) is 28. The highest BCUT2D eigenvalue weighted by Gasteiger charge is 2.29. The molecule has 0 spiro atoms. The van der Waals surface area contributed by atoms with Crippen molar-refractivity contribution < 1.29 is 41.9 Å². The molecule has 10 nitrogen and oxygen atoms in total. The van der Waals surface area contributed by atoms with Crippen molar-refractivity contribution in [2.45, 2.75) is 225 Å². The van der Waals surface area contributed by atoms with Gasteiger partial charge in [0.1, 0.15) is 6.61 Å². The predicted octanol–water partition coefficient (Wildman–Crippen LogP) is 12.7. The van der Waals surface area contributed by atoms with E-state index in [4.69, 9.17) is 33.5 Å². The summed E-state index contributed by atoms with van der Waals surface area (Å²) >= 11 is 0. The van der Waals surface area contributed by atoms with Crippen molar-refractivity contribution in [1.29, 1.82) is 0 Å². The minimum atomic E-state index is -4.00. The first-order valence-corrected chi connectivity index (χ1v) is 24.4. The Bertz CT molecular complexity index is 878. The van der Waals surface area contributed by atoms with Gasteiger partial charge in [-0.2, -0.15) is 0 Å². The smallest absolute Gasteiger partial charge is 0.462 e. The summed E-state index contributed by atoms with van der Waals surface area (Å²) in [4.78, 5) is 25.4. The second kappa shape index (κ2) is 42.6. The second-order valence-electron chi connectivity index (χ2n) is 15.4. The van der Waals surface area contributed by atoms with Gasteiger partial charge in [0, 0.05) is 26.5 Å². The number of ether oxygens (including phenoxy) is 3. The van der Waals surface area contributed by atoms with Crippen LogP contribution in [0.2, 0.25) is 0 Å². The summed E-state index contributed by atoms with van der Waals surface area (Å²) in [7, 11) is -2.50. The molecule has 2 atom stereocenters. The van der Waals surface area contributed by atoms with Gasteiger partial charge in [-0.1, -0.05) is 194 Å². The molecule has 0 aliphatic carbocycles. The largest absolute Gasteiger partial charge is 0.475 e. The Morgan fingerprint density at radius 2 is 0.836 bits per heavy atom. The van der Waals surface area contributed by atoms with E-state index in [9.17, 15) is 14.2 Å². The number of phosphoric acid groups is 1. The Morgan fingerprint density at radius 1 is 0.473 bits per heavy atom. The molecule has 0 saturated carbocycles. The number of methoxy groups -OCH3 is 1. The van der Waals surface area contributed by atoms with E-state index in [-0.39, 0.29) is 52.0 Å². The molecule has 0 aliphatic heterocycles. The molecule has 0 amide bonds. The third-order valence-electron chi connectivity index (χ3n) is 10.0. The molecule has 2 N–H and O–H groups in total. The van der Waals surface area contributed by atoms with Gasteiger partial charge < -0.3 is 19.9 Å². The van der Waals surface area contributed by atoms with E-state index in [1.54, 1.807) is 0 Å². The summed E-state index contributed by atoms with van der Waals surface area (Å²) in [6.07, 6.45) is 37.2. The van der Waals surface area contributed by atoms with E-state index in [1.165, 1.54) is 161 Å². The number of nitrogens with two attached hydrogens (primary N) is 1. The summed E-state index contributed by atoms with van der Waals surface area (Å²) in [5.41, 5.74) is 5.53. The van der Waals surface area contributed by atoms with Gasteiger partial charge in [-0.05, 0) is 12.8 Å². The maximum Gasteiger partial charge on any atom is 0.475 e. The summed E-state index contributed by atoms with van der Waals surface area (Å²) in [5, 5.41) is 0. The van der Waals surface area contributed by atoms with E-state index in [0.29, 0.717) is 6.42 Å². The molecule has 0 rings (SSSR count). The van der Waals surface area contributed by atoms with Crippen LogP contribution in [0.25, 0.3) is 0 Å². The normalized spacial score (nSPS) is 13.2. The van der Waals surface area contributed by atoms with E-state index < -0.39 is 19.9 Å². The average Bonchev–Trinajstić information content (AvgIpc) is 3.18. The maximum atomic E-state index is 13.1. The molecule has 0 bridgehead atoms. The molecule has 0 fully saturated rings. The number of hydrogen-bond acceptors (Lipinski definition) is 10. The number of esters is 2. The lowest BCUT2D eigenvalue weighted by atomic mass is 10.0. The highest BCUT2D eigenvalue weighted by molar-refractivity contribution is 7.48. The molecule has 328 valence electrons. The van der Waals surface area contributed by atoms with Crippen molar-refractivity contribution in [3.8, 4) is 0 Å². The topological polar surface area (TPSA) is 133 Å². The summed E-state index contributed by atoms with van der Waals surface area (Å²) in [5.74, 6) is -0.753. The number of phosphoric ester groups is 1. The maximum absolute atomic E-state index is 13.1. The fraction of sp³-hybridized carbons (Fsp3) is 0.955. The number of carbonyl (C=O) groups is 2. The molecule has 0 aromatic carbocycles. The van der Waals surface area contributed by atoms with Crippen LogP contribution in [0, 0.1) is 0 Å². The van der Waals surface area contributed by atoms with E-state index in [0.717, 1.165) is 38.5 Å². The van der Waals surface area contributed by atoms with E-state index >= 15 is 0 Å². The lowest BCUT2D eigenvalue weighted by Crippen LogP contribution is -2.30. The Labute approximate surface area is 338 Å². The Hall–Kier alpha value is -1.03. The van der Waals surface area contributed by atoms with Crippen LogP contribution in [0.1, 0.15) is 219 Å². The standard InChI is InChI=1S/C44H88NO9P/c1-4-6-8-10-12-14-16-18-20-22-24-26-28-30-32-34-43(46)50-40-42(41-53-55(48,51-37-36-45)52-39-38-49-3)54-44(47)35-33-31-29-27-25-23-21-19-17-15-13-11-9-7-5-2/h42H,4-41,45H2,1-3H3. The molecular formula is C44H88NO9P. The van der Waals surface area contributed by atoms with Crippen LogP contribution in [0.5, 0.6) is 0 Å². The third kappa shape index (κ3) is 39.6. The van der Waals surface area contributed by atoms with Gasteiger partial charge in [-0.25, -0.2) is 4.57 Å². The number of carbonyl (C=O) groups excluding carboxylic acids is 2. The van der Waals surface area contributed by atoms with Crippen LogP contribution < -0.4 is 5.73 Å². The predicted molar refractivity (Wildman–Crippen MR) is 226 cm³/mol. The highest BCUT2D eigenvalue weighted by Crippen LogP contribution is 2.49. The van der Waals surface area contributed by atoms with Gasteiger partial charge in [-0.3, -0.25) is 23.2 Å². The van der Waals surface area contributed by atoms with Crippen molar-refractivity contribution in [2.24, 2.45) is 5.73 Å². The lowest BCUT2D eigenvalue weighted by Gasteiger charge is -2.22. The van der Waals surface area contributed by atoms with Crippen molar-refractivity contribution in [1.82, 2.24) is 0 Å². The molecule has 0 aliphatic rings. The first-order chi connectivity index (χ1) is 26.9. The van der Waals surface area contributed by atoms with Crippen molar-refractivity contribution in [2.75, 3.05) is 46.7 Å². The zero-order valence-electron chi connectivity index (χ0n) is 36.1. The molecule has 55 heavy (non-hydrogen) atoms. The molecular weight excluding hydrogens is 717 g/mol. The molecule has 0 radical (unpaired) electrons. The first kappa shape index (κ1) is 54.0. The average molecular weight is 806 g/mol. The summed E-state index contributed by atoms with van der Waals surface area (Å²) in [6, 6.07) is 0. The lowest BCUT2D eigenvalue weighted by molar-refractivity contribution is -0.161. The van der Waals surface area contributed by atoms with Crippen LogP contribution in [0.3, 0.4) is 0 Å². The highest BCUT2D eigenvalue weighted by atomic mass is 31.2. The van der Waals surface area contributed by atoms with Gasteiger partial charge in [0.15, 0.2) is 6.10 Å². The Balaban J connectivity index is 4.42. The Kier molecular flexibility index (Phi) is 41.8. The van der Waals surface area contributed by atoms with Crippen molar-refractivity contribution in [3.63, 3.8) is 0 Å². The van der Waals surface area contributed by atoms with Crippen molar-refractivity contribution >= 4 is 19.8 Å². The first-order valence-electron chi connectivity index (χ1n) is 23.0. The van der Waals surface area contributed by atoms with E-state index in [2.05, 4.69) is 13.8 Å². The third-order valence-corrected chi connectivity index (χ3v) is 11.5. The van der Waals surface area contributed by atoms with Crippen LogP contribution in [0.15, 0.2) is 0 Å². The number of hydrogen-bond donors (Lipinski definition) is 1. The Morgan fingerprint density at radius 3 is 1.22 bits per heavy atom. The van der Waals surface area contributed by atoms with Crippen LogP contribution >= 0.6 is 7.82 Å². The fourth-order valence-corrected chi connectivity index (χ4v) is 7.78. The van der Waals surface area contributed by atoms with Crippen molar-refractivity contribution in [3.05, 3.63) is 0 Å². The quantitative estimate of drug-likeness (QED) is 0.0360. The molecule has 2 unspecified atom stereocenters.